The Balaban J connectivity index is 1.81. The summed E-state index contributed by atoms with van der Waals surface area (Å²) in [6.07, 6.45) is 0.175. The summed E-state index contributed by atoms with van der Waals surface area (Å²) in [5.41, 5.74) is 2.97. The van der Waals surface area contributed by atoms with Crippen LogP contribution in [0.25, 0.3) is 0 Å². The highest BCUT2D eigenvalue weighted by Gasteiger charge is 2.35. The highest BCUT2D eigenvalue weighted by atomic mass is 35.5. The molecule has 1 unspecified atom stereocenters. The summed E-state index contributed by atoms with van der Waals surface area (Å²) in [6.45, 7) is 2.86. The van der Waals surface area contributed by atoms with E-state index in [4.69, 9.17) is 11.6 Å². The second kappa shape index (κ2) is 13.8. The molecule has 4 aromatic rings. The van der Waals surface area contributed by atoms with Gasteiger partial charge in [0.1, 0.15) is 18.4 Å². The van der Waals surface area contributed by atoms with E-state index in [1.165, 1.54) is 48.3 Å². The fraction of sp³-hybridized carbons (Fsp3) is 0.212. The Kier molecular flexibility index (Phi) is 10.2. The number of nitrogens with zero attached hydrogens (tertiary/aromatic N) is 2. The van der Waals surface area contributed by atoms with Crippen molar-refractivity contribution in [1.82, 2.24) is 10.2 Å². The smallest absolute Gasteiger partial charge is 0.264 e. The quantitative estimate of drug-likeness (QED) is 0.234. The zero-order valence-corrected chi connectivity index (χ0v) is 25.7. The molecular weight excluding hydrogens is 589 g/mol. The van der Waals surface area contributed by atoms with E-state index in [-0.39, 0.29) is 23.5 Å². The van der Waals surface area contributed by atoms with Gasteiger partial charge in [0, 0.05) is 25.0 Å². The molecule has 0 saturated carbocycles. The molecule has 0 aliphatic rings. The number of benzene rings is 4. The van der Waals surface area contributed by atoms with Gasteiger partial charge >= 0.3 is 0 Å². The summed E-state index contributed by atoms with van der Waals surface area (Å²) in [7, 11) is -2.77. The third kappa shape index (κ3) is 7.60. The minimum absolute atomic E-state index is 0.00231. The van der Waals surface area contributed by atoms with Crippen LogP contribution in [-0.4, -0.2) is 44.8 Å². The fourth-order valence-corrected chi connectivity index (χ4v) is 6.37. The molecule has 0 saturated heterocycles. The first-order valence-corrected chi connectivity index (χ1v) is 15.5. The van der Waals surface area contributed by atoms with Crippen molar-refractivity contribution in [2.75, 3.05) is 17.9 Å². The van der Waals surface area contributed by atoms with Gasteiger partial charge in [-0.25, -0.2) is 12.8 Å². The van der Waals surface area contributed by atoms with Gasteiger partial charge in [-0.2, -0.15) is 0 Å². The number of hydrogen-bond donors (Lipinski definition) is 1. The molecule has 0 radical (unpaired) electrons. The Labute approximate surface area is 257 Å². The van der Waals surface area contributed by atoms with Crippen molar-refractivity contribution in [2.24, 2.45) is 0 Å². The lowest BCUT2D eigenvalue weighted by Gasteiger charge is -2.34. The first-order chi connectivity index (χ1) is 20.5. The van der Waals surface area contributed by atoms with Gasteiger partial charge in [-0.3, -0.25) is 13.9 Å². The molecule has 43 heavy (non-hydrogen) atoms. The van der Waals surface area contributed by atoms with Gasteiger partial charge in [-0.1, -0.05) is 77.8 Å². The Morgan fingerprint density at radius 1 is 0.860 bits per heavy atom. The summed E-state index contributed by atoms with van der Waals surface area (Å²) in [5, 5.41) is 2.97. The Bertz CT molecular complexity index is 1680. The van der Waals surface area contributed by atoms with E-state index < -0.39 is 40.2 Å². The fourth-order valence-electron chi connectivity index (χ4n) is 4.72. The molecule has 0 bridgehead atoms. The molecule has 1 N–H and O–H groups in total. The number of carbonyl (C=O) groups excluding carboxylic acids is 2. The molecule has 0 heterocycles. The van der Waals surface area contributed by atoms with Crippen LogP contribution >= 0.6 is 11.6 Å². The Morgan fingerprint density at radius 2 is 1.51 bits per heavy atom. The SMILES string of the molecule is CNC(=O)C(Cc1ccccc1)N(Cc1ccc(F)cc1)C(=O)CN(c1cccc(Cl)c1C)S(=O)(=O)c1ccc(C)cc1. The highest BCUT2D eigenvalue weighted by molar-refractivity contribution is 7.92. The maximum atomic E-state index is 14.3. The van der Waals surface area contributed by atoms with E-state index in [1.54, 1.807) is 37.3 Å². The van der Waals surface area contributed by atoms with E-state index in [0.717, 1.165) is 15.4 Å². The number of likely N-dealkylation sites (N-methyl/N-ethyl adjacent to an activating group) is 1. The lowest BCUT2D eigenvalue weighted by molar-refractivity contribution is -0.139. The summed E-state index contributed by atoms with van der Waals surface area (Å²) in [5.74, 6) is -1.49. The van der Waals surface area contributed by atoms with Crippen molar-refractivity contribution in [2.45, 2.75) is 37.8 Å². The number of hydrogen-bond acceptors (Lipinski definition) is 4. The van der Waals surface area contributed by atoms with Crippen LogP contribution in [0.2, 0.25) is 5.02 Å². The number of anilines is 1. The van der Waals surface area contributed by atoms with E-state index in [0.29, 0.717) is 16.1 Å². The lowest BCUT2D eigenvalue weighted by Crippen LogP contribution is -2.53. The number of carbonyl (C=O) groups is 2. The van der Waals surface area contributed by atoms with Gasteiger partial charge in [0.25, 0.3) is 10.0 Å². The second-order valence-corrected chi connectivity index (χ2v) is 12.4. The standard InChI is InChI=1S/C33H33ClFN3O4S/c1-23-12-18-28(19-13-23)43(41,42)38(30-11-7-10-29(34)24(30)2)22-32(39)37(21-26-14-16-27(35)17-15-26)31(33(40)36-3)20-25-8-5-4-6-9-25/h4-19,31H,20-22H2,1-3H3,(H,36,40). The molecule has 0 spiro atoms. The first-order valence-electron chi connectivity index (χ1n) is 13.6. The van der Waals surface area contributed by atoms with Gasteiger partial charge in [0.05, 0.1) is 10.6 Å². The van der Waals surface area contributed by atoms with Crippen molar-refractivity contribution in [1.29, 1.82) is 0 Å². The molecule has 2 amide bonds. The molecule has 4 rings (SSSR count). The Morgan fingerprint density at radius 3 is 2.14 bits per heavy atom. The number of nitrogens with one attached hydrogen (secondary N) is 1. The maximum absolute atomic E-state index is 14.3. The Hall–Kier alpha value is -4.21. The van der Waals surface area contributed by atoms with Gasteiger partial charge in [0.2, 0.25) is 11.8 Å². The third-order valence-electron chi connectivity index (χ3n) is 7.18. The van der Waals surface area contributed by atoms with Crippen LogP contribution in [0.15, 0.2) is 102 Å². The monoisotopic (exact) mass is 621 g/mol. The predicted molar refractivity (Wildman–Crippen MR) is 167 cm³/mol. The van der Waals surface area contributed by atoms with Crippen molar-refractivity contribution < 1.29 is 22.4 Å². The molecule has 0 fully saturated rings. The van der Waals surface area contributed by atoms with E-state index in [2.05, 4.69) is 5.32 Å². The van der Waals surface area contributed by atoms with Crippen LogP contribution in [0.3, 0.4) is 0 Å². The van der Waals surface area contributed by atoms with Crippen LogP contribution in [0.1, 0.15) is 22.3 Å². The molecular formula is C33H33ClFN3O4S. The maximum Gasteiger partial charge on any atom is 0.264 e. The predicted octanol–water partition coefficient (Wildman–Crippen LogP) is 5.68. The lowest BCUT2D eigenvalue weighted by atomic mass is 10.0. The zero-order chi connectivity index (χ0) is 31.1. The van der Waals surface area contributed by atoms with E-state index >= 15 is 0 Å². The molecule has 0 aromatic heterocycles. The first kappa shape index (κ1) is 31.7. The number of sulfonamides is 1. The molecule has 0 aliphatic heterocycles. The molecule has 224 valence electrons. The minimum atomic E-state index is -4.25. The summed E-state index contributed by atoms with van der Waals surface area (Å²) in [6, 6.07) is 25.0. The van der Waals surface area contributed by atoms with Crippen molar-refractivity contribution in [3.8, 4) is 0 Å². The van der Waals surface area contributed by atoms with E-state index in [9.17, 15) is 22.4 Å². The molecule has 4 aromatic carbocycles. The second-order valence-electron chi connectivity index (χ2n) is 10.2. The third-order valence-corrected chi connectivity index (χ3v) is 9.36. The van der Waals surface area contributed by atoms with Crippen LogP contribution in [0.4, 0.5) is 10.1 Å². The highest BCUT2D eigenvalue weighted by Crippen LogP contribution is 2.31. The van der Waals surface area contributed by atoms with Gasteiger partial charge in [0.15, 0.2) is 0 Å². The van der Waals surface area contributed by atoms with Crippen molar-refractivity contribution in [3.05, 3.63) is 130 Å². The molecule has 0 aliphatic carbocycles. The molecule has 1 atom stereocenters. The average Bonchev–Trinajstić information content (AvgIpc) is 3.00. The molecule has 10 heteroatoms. The van der Waals surface area contributed by atoms with Gasteiger partial charge in [-0.05, 0) is 66.9 Å². The topological polar surface area (TPSA) is 86.8 Å². The van der Waals surface area contributed by atoms with Gasteiger partial charge in [-0.15, -0.1) is 0 Å². The number of halogens is 2. The minimum Gasteiger partial charge on any atom is -0.357 e. The largest absolute Gasteiger partial charge is 0.357 e. The summed E-state index contributed by atoms with van der Waals surface area (Å²) in [4.78, 5) is 29.0. The number of rotatable bonds is 11. The van der Waals surface area contributed by atoms with Crippen LogP contribution in [0, 0.1) is 19.7 Å². The molecule has 7 nitrogen and oxygen atoms in total. The summed E-state index contributed by atoms with van der Waals surface area (Å²) < 4.78 is 43.0. The van der Waals surface area contributed by atoms with Crippen molar-refractivity contribution >= 4 is 39.1 Å². The van der Waals surface area contributed by atoms with E-state index in [1.807, 2.05) is 37.3 Å². The van der Waals surface area contributed by atoms with Crippen LogP contribution in [-0.2, 0) is 32.6 Å². The van der Waals surface area contributed by atoms with Gasteiger partial charge < -0.3 is 10.2 Å². The zero-order valence-electron chi connectivity index (χ0n) is 24.1. The summed E-state index contributed by atoms with van der Waals surface area (Å²) >= 11 is 6.39. The average molecular weight is 622 g/mol. The normalized spacial score (nSPS) is 11.9. The van der Waals surface area contributed by atoms with Crippen LogP contribution < -0.4 is 9.62 Å². The van der Waals surface area contributed by atoms with Crippen molar-refractivity contribution in [3.63, 3.8) is 0 Å². The number of amides is 2. The van der Waals surface area contributed by atoms with Crippen LogP contribution in [0.5, 0.6) is 0 Å². The number of aryl methyl sites for hydroxylation is 1.